The monoisotopic (exact) mass is 268 g/mol. The average molecular weight is 268 g/mol. The van der Waals surface area contributed by atoms with Crippen molar-refractivity contribution in [1.82, 2.24) is 4.90 Å². The Labute approximate surface area is 113 Å². The standard InChI is InChI=1S/C14H21FN2O2/c1-3-17-6-7-19-12(10-17)9-16-13-5-4-11(15)8-14(13)18-2/h4-5,8,12,16H,3,6-7,9-10H2,1-2H3. The molecular weight excluding hydrogens is 247 g/mol. The van der Waals surface area contributed by atoms with Crippen LogP contribution in [0.2, 0.25) is 0 Å². The van der Waals surface area contributed by atoms with E-state index in [4.69, 9.17) is 9.47 Å². The molecule has 1 N–H and O–H groups in total. The predicted molar refractivity (Wildman–Crippen MR) is 73.3 cm³/mol. The number of nitrogens with one attached hydrogen (secondary N) is 1. The number of morpholine rings is 1. The van der Waals surface area contributed by atoms with Gasteiger partial charge in [-0.3, -0.25) is 4.90 Å². The SMILES string of the molecule is CCN1CCOC(CNc2ccc(F)cc2OC)C1. The Kier molecular flexibility index (Phi) is 4.99. The molecule has 0 aliphatic carbocycles. The maximum Gasteiger partial charge on any atom is 0.144 e. The summed E-state index contributed by atoms with van der Waals surface area (Å²) in [4.78, 5) is 2.36. The molecule has 1 fully saturated rings. The van der Waals surface area contributed by atoms with Gasteiger partial charge in [0.2, 0.25) is 0 Å². The van der Waals surface area contributed by atoms with Crippen molar-refractivity contribution in [3.8, 4) is 5.75 Å². The maximum atomic E-state index is 13.1. The van der Waals surface area contributed by atoms with E-state index in [1.807, 2.05) is 0 Å². The summed E-state index contributed by atoms with van der Waals surface area (Å²) < 4.78 is 24.0. The molecule has 1 aromatic rings. The normalized spacial score (nSPS) is 20.3. The van der Waals surface area contributed by atoms with Crippen LogP contribution in [0.1, 0.15) is 6.92 Å². The van der Waals surface area contributed by atoms with Crippen LogP contribution in [0.15, 0.2) is 18.2 Å². The third kappa shape index (κ3) is 3.81. The van der Waals surface area contributed by atoms with Gasteiger partial charge in [-0.25, -0.2) is 4.39 Å². The first-order chi connectivity index (χ1) is 9.22. The van der Waals surface area contributed by atoms with E-state index in [0.717, 1.165) is 31.9 Å². The summed E-state index contributed by atoms with van der Waals surface area (Å²) in [6.45, 7) is 6.57. The van der Waals surface area contributed by atoms with Crippen molar-refractivity contribution in [2.75, 3.05) is 45.2 Å². The molecule has 0 radical (unpaired) electrons. The van der Waals surface area contributed by atoms with Crippen molar-refractivity contribution < 1.29 is 13.9 Å². The van der Waals surface area contributed by atoms with Crippen LogP contribution < -0.4 is 10.1 Å². The average Bonchev–Trinajstić information content (AvgIpc) is 2.46. The van der Waals surface area contributed by atoms with Crippen LogP contribution in [-0.4, -0.2) is 50.9 Å². The molecule has 0 amide bonds. The van der Waals surface area contributed by atoms with Crippen LogP contribution in [0.25, 0.3) is 0 Å². The number of benzene rings is 1. The zero-order valence-corrected chi connectivity index (χ0v) is 11.5. The van der Waals surface area contributed by atoms with Crippen LogP contribution in [0.4, 0.5) is 10.1 Å². The van der Waals surface area contributed by atoms with Gasteiger partial charge in [-0.1, -0.05) is 6.92 Å². The molecule has 0 bridgehead atoms. The van der Waals surface area contributed by atoms with Crippen LogP contribution in [0, 0.1) is 5.82 Å². The minimum absolute atomic E-state index is 0.156. The Morgan fingerprint density at radius 3 is 3.11 bits per heavy atom. The number of nitrogens with zero attached hydrogens (tertiary/aromatic N) is 1. The summed E-state index contributed by atoms with van der Waals surface area (Å²) in [6, 6.07) is 4.49. The van der Waals surface area contributed by atoms with Crippen molar-refractivity contribution in [2.24, 2.45) is 0 Å². The lowest BCUT2D eigenvalue weighted by Crippen LogP contribution is -2.45. The summed E-state index contributed by atoms with van der Waals surface area (Å²) in [7, 11) is 1.54. The molecule has 1 saturated heterocycles. The molecule has 5 heteroatoms. The lowest BCUT2D eigenvalue weighted by Gasteiger charge is -2.32. The molecule has 1 aromatic carbocycles. The van der Waals surface area contributed by atoms with Crippen molar-refractivity contribution in [3.63, 3.8) is 0 Å². The van der Waals surface area contributed by atoms with Gasteiger partial charge < -0.3 is 14.8 Å². The van der Waals surface area contributed by atoms with E-state index in [9.17, 15) is 4.39 Å². The molecular formula is C14H21FN2O2. The number of methoxy groups -OCH3 is 1. The Morgan fingerprint density at radius 1 is 1.53 bits per heavy atom. The van der Waals surface area contributed by atoms with Crippen LogP contribution in [-0.2, 0) is 4.74 Å². The Hall–Kier alpha value is -1.33. The van der Waals surface area contributed by atoms with Gasteiger partial charge in [0.1, 0.15) is 11.6 Å². The number of likely N-dealkylation sites (N-methyl/N-ethyl adjacent to an activating group) is 1. The van der Waals surface area contributed by atoms with Crippen molar-refractivity contribution >= 4 is 5.69 Å². The number of ether oxygens (including phenoxy) is 2. The van der Waals surface area contributed by atoms with E-state index < -0.39 is 0 Å². The molecule has 106 valence electrons. The molecule has 0 saturated carbocycles. The molecule has 0 spiro atoms. The topological polar surface area (TPSA) is 33.7 Å². The zero-order valence-electron chi connectivity index (χ0n) is 11.5. The minimum Gasteiger partial charge on any atom is -0.494 e. The second-order valence-electron chi connectivity index (χ2n) is 4.61. The first-order valence-electron chi connectivity index (χ1n) is 6.64. The first-order valence-corrected chi connectivity index (χ1v) is 6.64. The number of rotatable bonds is 5. The fraction of sp³-hybridized carbons (Fsp3) is 0.571. The quantitative estimate of drug-likeness (QED) is 0.885. The smallest absolute Gasteiger partial charge is 0.144 e. The molecule has 1 aliphatic heterocycles. The largest absolute Gasteiger partial charge is 0.494 e. The predicted octanol–water partition coefficient (Wildman–Crippen LogP) is 1.97. The Bertz CT molecular complexity index is 414. The molecule has 0 aromatic heterocycles. The summed E-state index contributed by atoms with van der Waals surface area (Å²) in [5.41, 5.74) is 0.793. The van der Waals surface area contributed by atoms with Gasteiger partial charge in [0.05, 0.1) is 25.5 Å². The fourth-order valence-electron chi connectivity index (χ4n) is 2.23. The molecule has 1 heterocycles. The molecule has 1 atom stereocenters. The van der Waals surface area contributed by atoms with Gasteiger partial charge in [0.25, 0.3) is 0 Å². The van der Waals surface area contributed by atoms with Crippen LogP contribution in [0.5, 0.6) is 5.75 Å². The summed E-state index contributed by atoms with van der Waals surface area (Å²) in [5.74, 6) is 0.219. The lowest BCUT2D eigenvalue weighted by atomic mass is 10.2. The first kappa shape index (κ1) is 14.1. The summed E-state index contributed by atoms with van der Waals surface area (Å²) in [6.07, 6.45) is 0.156. The second-order valence-corrected chi connectivity index (χ2v) is 4.61. The highest BCUT2D eigenvalue weighted by Gasteiger charge is 2.19. The number of anilines is 1. The number of halogens is 1. The molecule has 1 aliphatic rings. The van der Waals surface area contributed by atoms with E-state index in [0.29, 0.717) is 12.3 Å². The summed E-state index contributed by atoms with van der Waals surface area (Å²) in [5, 5.41) is 3.26. The second kappa shape index (κ2) is 6.73. The zero-order chi connectivity index (χ0) is 13.7. The van der Waals surface area contributed by atoms with Crippen molar-refractivity contribution in [3.05, 3.63) is 24.0 Å². The molecule has 1 unspecified atom stereocenters. The van der Waals surface area contributed by atoms with E-state index >= 15 is 0 Å². The van der Waals surface area contributed by atoms with Gasteiger partial charge in [-0.2, -0.15) is 0 Å². The van der Waals surface area contributed by atoms with Crippen LogP contribution >= 0.6 is 0 Å². The van der Waals surface area contributed by atoms with Crippen molar-refractivity contribution in [1.29, 1.82) is 0 Å². The third-order valence-corrected chi connectivity index (χ3v) is 3.35. The van der Waals surface area contributed by atoms with E-state index in [1.54, 1.807) is 6.07 Å². The van der Waals surface area contributed by atoms with E-state index in [-0.39, 0.29) is 11.9 Å². The van der Waals surface area contributed by atoms with Gasteiger partial charge in [0.15, 0.2) is 0 Å². The maximum absolute atomic E-state index is 13.1. The van der Waals surface area contributed by atoms with E-state index in [1.165, 1.54) is 19.2 Å². The summed E-state index contributed by atoms with van der Waals surface area (Å²) >= 11 is 0. The Morgan fingerprint density at radius 2 is 2.37 bits per heavy atom. The van der Waals surface area contributed by atoms with Crippen molar-refractivity contribution in [2.45, 2.75) is 13.0 Å². The van der Waals surface area contributed by atoms with Gasteiger partial charge in [-0.15, -0.1) is 0 Å². The lowest BCUT2D eigenvalue weighted by molar-refractivity contribution is -0.0191. The molecule has 4 nitrogen and oxygen atoms in total. The Balaban J connectivity index is 1.91. The van der Waals surface area contributed by atoms with Gasteiger partial charge in [-0.05, 0) is 18.7 Å². The molecule has 19 heavy (non-hydrogen) atoms. The highest BCUT2D eigenvalue weighted by Crippen LogP contribution is 2.25. The molecule has 2 rings (SSSR count). The number of hydrogen-bond acceptors (Lipinski definition) is 4. The highest BCUT2D eigenvalue weighted by atomic mass is 19.1. The van der Waals surface area contributed by atoms with Gasteiger partial charge >= 0.3 is 0 Å². The number of hydrogen-bond donors (Lipinski definition) is 1. The minimum atomic E-state index is -0.298. The highest BCUT2D eigenvalue weighted by molar-refractivity contribution is 5.56. The van der Waals surface area contributed by atoms with Crippen LogP contribution in [0.3, 0.4) is 0 Å². The fourth-order valence-corrected chi connectivity index (χ4v) is 2.23. The van der Waals surface area contributed by atoms with E-state index in [2.05, 4.69) is 17.1 Å². The third-order valence-electron chi connectivity index (χ3n) is 3.35. The van der Waals surface area contributed by atoms with Gasteiger partial charge in [0, 0.05) is 25.7 Å².